The summed E-state index contributed by atoms with van der Waals surface area (Å²) in [5.74, 6) is -32.0. The molecule has 15 heteroatoms. The Bertz CT molecular complexity index is 590. The monoisotopic (exact) mass is 484 g/mol. The standard InChI is InChI=1S/C14H15ClF14/c1-5-10(20,21)13(26,27)8(3,18)12(24,25)7(2,17)6(16)11(22,23)14(28,29)9(4,15)19/h6H,5H2,1-4H3. The minimum absolute atomic E-state index is 0.270. The Morgan fingerprint density at radius 2 is 1.00 bits per heavy atom. The van der Waals surface area contributed by atoms with Crippen molar-refractivity contribution in [2.24, 2.45) is 0 Å². The van der Waals surface area contributed by atoms with E-state index in [-0.39, 0.29) is 6.92 Å². The topological polar surface area (TPSA) is 0 Å². The van der Waals surface area contributed by atoms with Crippen molar-refractivity contribution >= 4 is 11.6 Å². The Hall–Kier alpha value is -0.690. The normalized spacial score (nSPS) is 22.4. The van der Waals surface area contributed by atoms with Crippen LogP contribution in [0, 0.1) is 0 Å². The van der Waals surface area contributed by atoms with Crippen molar-refractivity contribution in [2.45, 2.75) is 86.4 Å². The van der Waals surface area contributed by atoms with Gasteiger partial charge in [0.25, 0.3) is 0 Å². The fraction of sp³-hybridized carbons (Fsp3) is 1.00. The first-order chi connectivity index (χ1) is 12.2. The Balaban J connectivity index is 6.56. The highest BCUT2D eigenvalue weighted by atomic mass is 35.5. The second-order valence-corrected chi connectivity index (χ2v) is 7.44. The van der Waals surface area contributed by atoms with Crippen LogP contribution in [0.2, 0.25) is 0 Å². The smallest absolute Gasteiger partial charge is 0.237 e. The quantitative estimate of drug-likeness (QED) is 0.238. The van der Waals surface area contributed by atoms with Gasteiger partial charge in [0.2, 0.25) is 22.6 Å². The first-order valence-corrected chi connectivity index (χ1v) is 7.88. The van der Waals surface area contributed by atoms with Gasteiger partial charge >= 0.3 is 29.6 Å². The Morgan fingerprint density at radius 3 is 1.28 bits per heavy atom. The SMILES string of the molecule is CCC(F)(F)C(F)(F)C(C)(F)C(F)(F)C(C)(F)C(F)C(F)(F)C(F)(F)C(C)(F)Cl. The van der Waals surface area contributed by atoms with Gasteiger partial charge in [-0.1, -0.05) is 18.5 Å². The zero-order valence-corrected chi connectivity index (χ0v) is 15.7. The summed E-state index contributed by atoms with van der Waals surface area (Å²) in [4.78, 5) is 0. The molecule has 0 amide bonds. The van der Waals surface area contributed by atoms with E-state index in [1.165, 1.54) is 0 Å². The minimum Gasteiger partial charge on any atom is -0.237 e. The largest absolute Gasteiger partial charge is 0.359 e. The number of rotatable bonds is 9. The third-order valence-electron chi connectivity index (χ3n) is 4.46. The van der Waals surface area contributed by atoms with Crippen LogP contribution in [0.5, 0.6) is 0 Å². The number of halogens is 15. The third-order valence-corrected chi connectivity index (χ3v) is 4.70. The van der Waals surface area contributed by atoms with Crippen molar-refractivity contribution in [1.29, 1.82) is 0 Å². The Kier molecular flexibility index (Phi) is 7.01. The van der Waals surface area contributed by atoms with Crippen LogP contribution in [-0.4, -0.2) is 52.2 Å². The maximum Gasteiger partial charge on any atom is 0.359 e. The van der Waals surface area contributed by atoms with Gasteiger partial charge in [0.15, 0.2) is 0 Å². The van der Waals surface area contributed by atoms with Gasteiger partial charge < -0.3 is 0 Å². The van der Waals surface area contributed by atoms with Gasteiger partial charge in [0.1, 0.15) is 0 Å². The van der Waals surface area contributed by atoms with Crippen LogP contribution in [0.25, 0.3) is 0 Å². The number of alkyl halides is 15. The van der Waals surface area contributed by atoms with E-state index in [0.717, 1.165) is 0 Å². The zero-order valence-electron chi connectivity index (χ0n) is 15.0. The summed E-state index contributed by atoms with van der Waals surface area (Å²) in [7, 11) is 0. The van der Waals surface area contributed by atoms with Crippen molar-refractivity contribution in [2.75, 3.05) is 0 Å². The molecule has 0 aliphatic carbocycles. The van der Waals surface area contributed by atoms with Gasteiger partial charge in [-0.3, -0.25) is 0 Å². The molecular formula is C14H15ClF14. The van der Waals surface area contributed by atoms with Crippen LogP contribution in [0.3, 0.4) is 0 Å². The molecule has 0 aliphatic rings. The first kappa shape index (κ1) is 28.3. The predicted octanol–water partition coefficient (Wildman–Crippen LogP) is 7.29. The molecule has 176 valence electrons. The van der Waals surface area contributed by atoms with E-state index >= 15 is 0 Å². The van der Waals surface area contributed by atoms with Gasteiger partial charge in [-0.15, -0.1) is 0 Å². The summed E-state index contributed by atoms with van der Waals surface area (Å²) in [6.45, 7) is -2.30. The van der Waals surface area contributed by atoms with Crippen LogP contribution in [0.4, 0.5) is 61.5 Å². The van der Waals surface area contributed by atoms with Crippen molar-refractivity contribution in [3.05, 3.63) is 0 Å². The molecule has 0 N–H and O–H groups in total. The van der Waals surface area contributed by atoms with E-state index in [4.69, 9.17) is 0 Å². The van der Waals surface area contributed by atoms with Crippen LogP contribution < -0.4 is 0 Å². The second-order valence-electron chi connectivity index (χ2n) is 6.73. The molecule has 4 atom stereocenters. The van der Waals surface area contributed by atoms with Crippen LogP contribution in [0.1, 0.15) is 34.1 Å². The molecule has 0 rings (SSSR count). The fourth-order valence-electron chi connectivity index (χ4n) is 2.17. The molecule has 0 aromatic heterocycles. The molecule has 0 bridgehead atoms. The molecule has 0 aromatic carbocycles. The lowest BCUT2D eigenvalue weighted by atomic mass is 9.76. The lowest BCUT2D eigenvalue weighted by Crippen LogP contribution is -2.73. The maximum absolute atomic E-state index is 14.3. The van der Waals surface area contributed by atoms with Gasteiger partial charge in [-0.2, -0.15) is 43.9 Å². The molecule has 0 spiro atoms. The van der Waals surface area contributed by atoms with Crippen molar-refractivity contribution in [1.82, 2.24) is 0 Å². The van der Waals surface area contributed by atoms with Gasteiger partial charge in [-0.05, 0) is 20.8 Å². The molecular weight excluding hydrogens is 470 g/mol. The van der Waals surface area contributed by atoms with Gasteiger partial charge in [-0.25, -0.2) is 17.6 Å². The van der Waals surface area contributed by atoms with Crippen LogP contribution >= 0.6 is 11.6 Å². The lowest BCUT2D eigenvalue weighted by molar-refractivity contribution is -0.360. The molecule has 0 aliphatic heterocycles. The van der Waals surface area contributed by atoms with E-state index in [0.29, 0.717) is 0 Å². The summed E-state index contributed by atoms with van der Waals surface area (Å²) < 4.78 is 191. The number of hydrogen-bond donors (Lipinski definition) is 0. The highest BCUT2D eigenvalue weighted by Crippen LogP contribution is 2.60. The first-order valence-electron chi connectivity index (χ1n) is 7.50. The van der Waals surface area contributed by atoms with E-state index in [9.17, 15) is 61.5 Å². The van der Waals surface area contributed by atoms with E-state index in [1.807, 2.05) is 0 Å². The number of hydrogen-bond acceptors (Lipinski definition) is 0. The van der Waals surface area contributed by atoms with E-state index in [1.54, 1.807) is 0 Å². The van der Waals surface area contributed by atoms with Gasteiger partial charge in [0, 0.05) is 6.42 Å². The molecule has 0 radical (unpaired) electrons. The van der Waals surface area contributed by atoms with Gasteiger partial charge in [0.05, 0.1) is 0 Å². The predicted molar refractivity (Wildman–Crippen MR) is 74.3 cm³/mol. The molecule has 29 heavy (non-hydrogen) atoms. The van der Waals surface area contributed by atoms with Crippen molar-refractivity contribution in [3.8, 4) is 0 Å². The van der Waals surface area contributed by atoms with Crippen molar-refractivity contribution < 1.29 is 61.5 Å². The molecule has 0 aromatic rings. The molecule has 0 saturated carbocycles. The molecule has 0 heterocycles. The Morgan fingerprint density at radius 1 is 0.655 bits per heavy atom. The highest BCUT2D eigenvalue weighted by molar-refractivity contribution is 6.23. The molecule has 0 nitrogen and oxygen atoms in total. The third kappa shape index (κ3) is 3.75. The summed E-state index contributed by atoms with van der Waals surface area (Å²) >= 11 is 4.29. The summed E-state index contributed by atoms with van der Waals surface area (Å²) in [6, 6.07) is 0. The summed E-state index contributed by atoms with van der Waals surface area (Å²) in [5.41, 5.74) is -12.0. The maximum atomic E-state index is 14.3. The van der Waals surface area contributed by atoms with Crippen LogP contribution in [0.15, 0.2) is 0 Å². The molecule has 0 fully saturated rings. The lowest BCUT2D eigenvalue weighted by Gasteiger charge is -2.46. The minimum atomic E-state index is -6.76. The van der Waals surface area contributed by atoms with Crippen LogP contribution in [-0.2, 0) is 0 Å². The average Bonchev–Trinajstić information content (AvgIpc) is 2.51. The fourth-order valence-corrected chi connectivity index (χ4v) is 2.30. The highest BCUT2D eigenvalue weighted by Gasteiger charge is 2.85. The van der Waals surface area contributed by atoms with E-state index in [2.05, 4.69) is 11.6 Å². The second kappa shape index (κ2) is 7.18. The van der Waals surface area contributed by atoms with Crippen molar-refractivity contribution in [3.63, 3.8) is 0 Å². The Labute approximate surface area is 160 Å². The van der Waals surface area contributed by atoms with E-state index < -0.39 is 79.4 Å². The summed E-state index contributed by atoms with van der Waals surface area (Å²) in [6.07, 6.45) is -7.58. The average molecular weight is 485 g/mol. The molecule has 4 unspecified atom stereocenters. The molecule has 0 saturated heterocycles. The summed E-state index contributed by atoms with van der Waals surface area (Å²) in [5, 5.41) is -4.87. The zero-order chi connectivity index (χ0) is 24.3.